The number of aliphatic hydroxyl groups is 1. The molecule has 0 unspecified atom stereocenters. The van der Waals surface area contributed by atoms with E-state index in [4.69, 9.17) is 9.72 Å². The fourth-order valence-electron chi connectivity index (χ4n) is 4.22. The highest BCUT2D eigenvalue weighted by Gasteiger charge is 2.29. The molecule has 148 valence electrons. The molecule has 1 N–H and O–H groups in total. The molecule has 0 fully saturated rings. The van der Waals surface area contributed by atoms with Crippen molar-refractivity contribution in [3.05, 3.63) is 46.4 Å². The Labute approximate surface area is 169 Å². The van der Waals surface area contributed by atoms with Gasteiger partial charge >= 0.3 is 0 Å². The molecule has 0 amide bonds. The molecule has 4 rings (SSSR count). The molecule has 0 saturated heterocycles. The van der Waals surface area contributed by atoms with Crippen molar-refractivity contribution < 1.29 is 9.84 Å². The minimum absolute atomic E-state index is 0.0133. The molecule has 3 aromatic rings. The van der Waals surface area contributed by atoms with Gasteiger partial charge in [0.2, 0.25) is 0 Å². The van der Waals surface area contributed by atoms with E-state index in [0.717, 1.165) is 46.6 Å². The van der Waals surface area contributed by atoms with Crippen LogP contribution in [0.5, 0.6) is 0 Å². The van der Waals surface area contributed by atoms with E-state index in [9.17, 15) is 5.11 Å². The van der Waals surface area contributed by atoms with Crippen LogP contribution in [0.4, 0.5) is 0 Å². The summed E-state index contributed by atoms with van der Waals surface area (Å²) in [4.78, 5) is 7.46. The number of thiophene rings is 1. The SMILES string of the molecule is C=C(O)[C@@H](OCC)c1c(C)nc2sc3c(c2c1-c1cnn(CC)c1)CCCC3. The molecule has 3 aromatic heterocycles. The second kappa shape index (κ2) is 7.68. The molecule has 3 heterocycles. The maximum Gasteiger partial charge on any atom is 0.141 e. The van der Waals surface area contributed by atoms with E-state index in [1.54, 1.807) is 0 Å². The minimum atomic E-state index is -0.596. The summed E-state index contributed by atoms with van der Waals surface area (Å²) in [6.45, 7) is 11.1. The van der Waals surface area contributed by atoms with Crippen LogP contribution in [0, 0.1) is 6.92 Å². The maximum absolute atomic E-state index is 10.3. The zero-order valence-corrected chi connectivity index (χ0v) is 17.6. The summed E-state index contributed by atoms with van der Waals surface area (Å²) >= 11 is 1.81. The van der Waals surface area contributed by atoms with E-state index >= 15 is 0 Å². The Balaban J connectivity index is 2.08. The first kappa shape index (κ1) is 19.2. The largest absolute Gasteiger partial charge is 0.510 e. The molecule has 0 aliphatic heterocycles. The van der Waals surface area contributed by atoms with Gasteiger partial charge < -0.3 is 9.84 Å². The monoisotopic (exact) mass is 397 g/mol. The predicted octanol–water partition coefficient (Wildman–Crippen LogP) is 5.52. The standard InChI is InChI=1S/C22H27N3O2S/c1-5-25-12-15(11-23-25)19-18(21(14(4)26)27-6-2)13(3)24-22-20(19)16-9-7-8-10-17(16)28-22/h11-12,21,26H,4-10H2,1-3H3/t21-/m1/s1. The maximum atomic E-state index is 10.3. The third-order valence-electron chi connectivity index (χ3n) is 5.48. The normalized spacial score (nSPS) is 15.0. The van der Waals surface area contributed by atoms with Gasteiger partial charge in [0.05, 0.1) is 6.20 Å². The van der Waals surface area contributed by atoms with Crippen molar-refractivity contribution in [2.75, 3.05) is 6.61 Å². The third kappa shape index (κ3) is 3.14. The van der Waals surface area contributed by atoms with Crippen LogP contribution in [0.1, 0.15) is 54.5 Å². The molecule has 0 radical (unpaired) electrons. The molecule has 0 spiro atoms. The van der Waals surface area contributed by atoms with Crippen molar-refractivity contribution in [1.82, 2.24) is 14.8 Å². The van der Waals surface area contributed by atoms with Gasteiger partial charge in [-0.15, -0.1) is 11.3 Å². The van der Waals surface area contributed by atoms with Crippen molar-refractivity contribution in [2.45, 2.75) is 59.1 Å². The molecule has 1 atom stereocenters. The van der Waals surface area contributed by atoms with Crippen LogP contribution in [0.2, 0.25) is 0 Å². The number of pyridine rings is 1. The molecule has 5 nitrogen and oxygen atoms in total. The van der Waals surface area contributed by atoms with Crippen molar-refractivity contribution in [3.8, 4) is 11.1 Å². The number of nitrogens with zero attached hydrogens (tertiary/aromatic N) is 3. The number of aromatic nitrogens is 3. The van der Waals surface area contributed by atoms with E-state index < -0.39 is 6.10 Å². The Morgan fingerprint density at radius 3 is 2.82 bits per heavy atom. The van der Waals surface area contributed by atoms with Gasteiger partial charge in [0.25, 0.3) is 0 Å². The zero-order valence-electron chi connectivity index (χ0n) is 16.8. The van der Waals surface area contributed by atoms with Gasteiger partial charge in [0.15, 0.2) is 0 Å². The van der Waals surface area contributed by atoms with Gasteiger partial charge in [-0.3, -0.25) is 4.68 Å². The number of aliphatic hydroxyl groups excluding tert-OH is 1. The number of rotatable bonds is 6. The first-order valence-electron chi connectivity index (χ1n) is 10.0. The van der Waals surface area contributed by atoms with Crippen LogP contribution in [-0.4, -0.2) is 26.5 Å². The van der Waals surface area contributed by atoms with E-state index in [1.165, 1.54) is 28.7 Å². The fraction of sp³-hybridized carbons (Fsp3) is 0.455. The lowest BCUT2D eigenvalue weighted by molar-refractivity contribution is 0.0580. The molecule has 6 heteroatoms. The van der Waals surface area contributed by atoms with Crippen molar-refractivity contribution in [3.63, 3.8) is 0 Å². The first-order chi connectivity index (χ1) is 13.5. The first-order valence-corrected chi connectivity index (χ1v) is 10.8. The van der Waals surface area contributed by atoms with Crippen LogP contribution in [0.25, 0.3) is 21.3 Å². The lowest BCUT2D eigenvalue weighted by Gasteiger charge is -2.22. The third-order valence-corrected chi connectivity index (χ3v) is 6.66. The Kier molecular flexibility index (Phi) is 5.25. The molecular weight excluding hydrogens is 370 g/mol. The molecule has 28 heavy (non-hydrogen) atoms. The highest BCUT2D eigenvalue weighted by Crippen LogP contribution is 2.45. The molecule has 1 aliphatic carbocycles. The van der Waals surface area contributed by atoms with Crippen LogP contribution in [0.15, 0.2) is 24.7 Å². The number of ether oxygens (including phenoxy) is 1. The molecule has 1 aliphatic rings. The summed E-state index contributed by atoms with van der Waals surface area (Å²) in [6.07, 6.45) is 8.04. The summed E-state index contributed by atoms with van der Waals surface area (Å²) in [5.41, 5.74) is 5.33. The van der Waals surface area contributed by atoms with E-state index in [1.807, 2.05) is 36.1 Å². The minimum Gasteiger partial charge on any atom is -0.510 e. The summed E-state index contributed by atoms with van der Waals surface area (Å²) in [5.74, 6) is 0.0133. The van der Waals surface area contributed by atoms with Crippen molar-refractivity contribution >= 4 is 21.6 Å². The molecular formula is C22H27N3O2S. The van der Waals surface area contributed by atoms with Crippen LogP contribution < -0.4 is 0 Å². The molecule has 0 saturated carbocycles. The van der Waals surface area contributed by atoms with Gasteiger partial charge in [-0.25, -0.2) is 4.98 Å². The van der Waals surface area contributed by atoms with Gasteiger partial charge in [0, 0.05) is 52.0 Å². The Morgan fingerprint density at radius 1 is 1.36 bits per heavy atom. The average molecular weight is 398 g/mol. The average Bonchev–Trinajstić information content (AvgIpc) is 3.29. The quantitative estimate of drug-likeness (QED) is 0.557. The Hall–Kier alpha value is -2.18. The van der Waals surface area contributed by atoms with Gasteiger partial charge in [-0.05, 0) is 52.0 Å². The van der Waals surface area contributed by atoms with Gasteiger partial charge in [-0.1, -0.05) is 6.58 Å². The number of hydrogen-bond acceptors (Lipinski definition) is 5. The second-order valence-corrected chi connectivity index (χ2v) is 8.37. The zero-order chi connectivity index (χ0) is 19.8. The van der Waals surface area contributed by atoms with Gasteiger partial charge in [0.1, 0.15) is 16.7 Å². The molecule has 0 aromatic carbocycles. The Morgan fingerprint density at radius 2 is 2.14 bits per heavy atom. The highest BCUT2D eigenvalue weighted by molar-refractivity contribution is 7.19. The number of fused-ring (bicyclic) bond motifs is 3. The number of aryl methyl sites for hydroxylation is 4. The summed E-state index contributed by atoms with van der Waals surface area (Å²) in [6, 6.07) is 0. The smallest absolute Gasteiger partial charge is 0.141 e. The van der Waals surface area contributed by atoms with Gasteiger partial charge in [-0.2, -0.15) is 5.10 Å². The fourth-order valence-corrected chi connectivity index (χ4v) is 5.53. The van der Waals surface area contributed by atoms with Crippen LogP contribution in [-0.2, 0) is 24.1 Å². The van der Waals surface area contributed by atoms with E-state index in [0.29, 0.717) is 6.61 Å². The van der Waals surface area contributed by atoms with Crippen molar-refractivity contribution in [1.29, 1.82) is 0 Å². The summed E-state index contributed by atoms with van der Waals surface area (Å²) in [5, 5.41) is 16.1. The lowest BCUT2D eigenvalue weighted by Crippen LogP contribution is -2.12. The van der Waals surface area contributed by atoms with E-state index in [2.05, 4.69) is 24.8 Å². The molecule has 0 bridgehead atoms. The highest BCUT2D eigenvalue weighted by atomic mass is 32.1. The lowest BCUT2D eigenvalue weighted by atomic mass is 9.89. The topological polar surface area (TPSA) is 60.2 Å². The second-order valence-electron chi connectivity index (χ2n) is 7.29. The predicted molar refractivity (Wildman–Crippen MR) is 114 cm³/mol. The summed E-state index contributed by atoms with van der Waals surface area (Å²) in [7, 11) is 0. The summed E-state index contributed by atoms with van der Waals surface area (Å²) < 4.78 is 7.86. The Bertz CT molecular complexity index is 1030. The van der Waals surface area contributed by atoms with Crippen molar-refractivity contribution in [2.24, 2.45) is 0 Å². The van der Waals surface area contributed by atoms with E-state index in [-0.39, 0.29) is 5.76 Å². The van der Waals surface area contributed by atoms with Crippen LogP contribution >= 0.6 is 11.3 Å². The van der Waals surface area contributed by atoms with Crippen LogP contribution in [0.3, 0.4) is 0 Å². The number of hydrogen-bond donors (Lipinski definition) is 1.